The number of carbonyl (C=O) groups excluding carboxylic acids is 1. The molecule has 4 rings (SSSR count). The quantitative estimate of drug-likeness (QED) is 0.368. The van der Waals surface area contributed by atoms with Crippen molar-refractivity contribution in [2.24, 2.45) is 0 Å². The van der Waals surface area contributed by atoms with E-state index in [2.05, 4.69) is 19.4 Å². The number of rotatable bonds is 7. The lowest BCUT2D eigenvalue weighted by Gasteiger charge is -2.18. The molecule has 2 heterocycles. The molecule has 3 N–H and O–H groups in total. The predicted molar refractivity (Wildman–Crippen MR) is 120 cm³/mol. The average Bonchev–Trinajstić information content (AvgIpc) is 3.43. The van der Waals surface area contributed by atoms with E-state index in [1.165, 1.54) is 0 Å². The largest absolute Gasteiger partial charge is 0.546 e. The van der Waals surface area contributed by atoms with Gasteiger partial charge >= 0.3 is 0 Å². The van der Waals surface area contributed by atoms with Crippen molar-refractivity contribution in [2.75, 3.05) is 23.7 Å². The molecular weight excluding hydrogens is 414 g/mol. The summed E-state index contributed by atoms with van der Waals surface area (Å²) in [5.41, 5.74) is 1.62. The first-order valence-corrected chi connectivity index (χ1v) is 11.4. The number of benzene rings is 2. The van der Waals surface area contributed by atoms with E-state index in [0.29, 0.717) is 24.6 Å². The molecule has 0 aliphatic carbocycles. The van der Waals surface area contributed by atoms with Crippen LogP contribution >= 0.6 is 11.1 Å². The maximum atomic E-state index is 12.7. The van der Waals surface area contributed by atoms with E-state index in [1.807, 2.05) is 37.3 Å². The Morgan fingerprint density at radius 2 is 1.84 bits per heavy atom. The maximum Gasteiger partial charge on any atom is 0.257 e. The first kappa shape index (κ1) is 21.1. The number of aromatic hydroxyl groups is 1. The van der Waals surface area contributed by atoms with Crippen molar-refractivity contribution in [2.45, 2.75) is 32.2 Å². The van der Waals surface area contributed by atoms with Crippen LogP contribution in [0, 0.1) is 0 Å². The highest BCUT2D eigenvalue weighted by Gasteiger charge is 2.25. The van der Waals surface area contributed by atoms with Gasteiger partial charge in [-0.15, -0.1) is 0 Å². The molecule has 1 fully saturated rings. The smallest absolute Gasteiger partial charge is 0.257 e. The molecule has 1 aliphatic heterocycles. The lowest BCUT2D eigenvalue weighted by Crippen LogP contribution is -2.27. The molecule has 162 valence electrons. The molecular formula is C22H25N5O3S. The van der Waals surface area contributed by atoms with E-state index in [4.69, 9.17) is 0 Å². The number of anilines is 3. The fraction of sp³-hybridized carbons (Fsp3) is 0.318. The van der Waals surface area contributed by atoms with Crippen molar-refractivity contribution >= 4 is 34.4 Å². The fourth-order valence-electron chi connectivity index (χ4n) is 3.75. The molecule has 0 spiro atoms. The standard InChI is InChI=1S/C22H25N5O3S/c1-2-17(15-9-4-3-5-10-15)23-20-21(26-31(30)25-20)24-18-12-8-11-16(19(18)28)22(29)27-13-6-7-14-27/h3-5,8-12,17,28H,2,6-7,13-14H2,1H3,(H,23,25)(H,24,26)/t17-,31?/m0/s1. The monoisotopic (exact) mass is 439 g/mol. The minimum absolute atomic E-state index is 0.0428. The topological polar surface area (TPSA) is 113 Å². The Morgan fingerprint density at radius 1 is 1.13 bits per heavy atom. The second kappa shape index (κ2) is 9.32. The van der Waals surface area contributed by atoms with E-state index < -0.39 is 11.1 Å². The van der Waals surface area contributed by atoms with Crippen molar-refractivity contribution in [1.29, 1.82) is 0 Å². The van der Waals surface area contributed by atoms with Gasteiger partial charge in [0, 0.05) is 21.8 Å². The van der Waals surface area contributed by atoms with Gasteiger partial charge in [-0.05, 0) is 37.0 Å². The van der Waals surface area contributed by atoms with Crippen LogP contribution in [0.5, 0.6) is 5.75 Å². The summed E-state index contributed by atoms with van der Waals surface area (Å²) in [6, 6.07) is 14.8. The molecule has 0 saturated carbocycles. The number of nitrogens with zero attached hydrogens (tertiary/aromatic N) is 3. The molecule has 2 aromatic carbocycles. The van der Waals surface area contributed by atoms with Gasteiger partial charge in [-0.2, -0.15) is 0 Å². The Kier molecular flexibility index (Phi) is 6.34. The third kappa shape index (κ3) is 4.62. The number of aromatic nitrogens is 2. The summed E-state index contributed by atoms with van der Waals surface area (Å²) in [5, 5.41) is 17.0. The van der Waals surface area contributed by atoms with Gasteiger partial charge in [0.05, 0.1) is 17.3 Å². The van der Waals surface area contributed by atoms with Crippen molar-refractivity contribution < 1.29 is 14.5 Å². The summed E-state index contributed by atoms with van der Waals surface area (Å²) < 4.78 is 20.2. The average molecular weight is 440 g/mol. The number of hydrogen-bond acceptors (Lipinski definition) is 7. The number of carbonyl (C=O) groups is 1. The zero-order valence-corrected chi connectivity index (χ0v) is 18.1. The number of phenols is 1. The Morgan fingerprint density at radius 3 is 2.55 bits per heavy atom. The molecule has 3 aromatic rings. The van der Waals surface area contributed by atoms with Crippen LogP contribution in [0.1, 0.15) is 48.1 Å². The van der Waals surface area contributed by atoms with Gasteiger partial charge in [0.2, 0.25) is 11.6 Å². The number of hydrogen-bond donors (Lipinski definition) is 3. The summed E-state index contributed by atoms with van der Waals surface area (Å²) in [6.45, 7) is 3.43. The Balaban J connectivity index is 1.58. The number of amides is 1. The van der Waals surface area contributed by atoms with Gasteiger partial charge < -0.3 is 25.2 Å². The molecule has 31 heavy (non-hydrogen) atoms. The molecule has 1 aromatic heterocycles. The molecule has 0 radical (unpaired) electrons. The van der Waals surface area contributed by atoms with Crippen molar-refractivity contribution in [3.05, 3.63) is 59.7 Å². The fourth-order valence-corrected chi connectivity index (χ4v) is 4.37. The zero-order chi connectivity index (χ0) is 21.8. The number of likely N-dealkylation sites (tertiary alicyclic amines) is 1. The summed E-state index contributed by atoms with van der Waals surface area (Å²) in [5.74, 6) is 0.255. The van der Waals surface area contributed by atoms with Gasteiger partial charge in [-0.25, -0.2) is 0 Å². The SMILES string of the molecule is CC[C@H](Nc1n[s+]([O-])nc1Nc1cccc(C(=O)N2CCCC2)c1O)c1ccccc1. The van der Waals surface area contributed by atoms with E-state index in [-0.39, 0.29) is 29.1 Å². The summed E-state index contributed by atoms with van der Waals surface area (Å²) in [7, 11) is 0. The molecule has 2 atom stereocenters. The molecule has 1 aliphatic rings. The highest BCUT2D eigenvalue weighted by molar-refractivity contribution is 7.14. The second-order valence-corrected chi connectivity index (χ2v) is 8.28. The van der Waals surface area contributed by atoms with Crippen LogP contribution in [-0.4, -0.2) is 42.3 Å². The van der Waals surface area contributed by atoms with Crippen LogP contribution in [0.3, 0.4) is 0 Å². The predicted octanol–water partition coefficient (Wildman–Crippen LogP) is 4.45. The Labute approximate surface area is 184 Å². The number of nitrogens with one attached hydrogen (secondary N) is 2. The molecule has 1 amide bonds. The van der Waals surface area contributed by atoms with Crippen LogP contribution < -0.4 is 10.6 Å². The van der Waals surface area contributed by atoms with E-state index in [1.54, 1.807) is 23.1 Å². The van der Waals surface area contributed by atoms with Gasteiger partial charge in [-0.1, -0.05) is 43.3 Å². The van der Waals surface area contributed by atoms with E-state index in [9.17, 15) is 14.5 Å². The molecule has 8 nitrogen and oxygen atoms in total. The third-order valence-electron chi connectivity index (χ3n) is 5.40. The number of para-hydroxylation sites is 1. The minimum atomic E-state index is -1.76. The van der Waals surface area contributed by atoms with Crippen LogP contribution in [0.2, 0.25) is 0 Å². The third-order valence-corrected chi connectivity index (χ3v) is 6.07. The minimum Gasteiger partial charge on any atom is -0.546 e. The Bertz CT molecular complexity index is 1050. The van der Waals surface area contributed by atoms with Crippen LogP contribution in [0.4, 0.5) is 17.3 Å². The molecule has 9 heteroatoms. The summed E-state index contributed by atoms with van der Waals surface area (Å²) in [4.78, 5) is 14.5. The lowest BCUT2D eigenvalue weighted by atomic mass is 10.0. The first-order valence-electron chi connectivity index (χ1n) is 10.4. The van der Waals surface area contributed by atoms with Gasteiger partial charge in [-0.3, -0.25) is 4.79 Å². The Hall–Kier alpha value is -3.17. The van der Waals surface area contributed by atoms with Crippen molar-refractivity contribution in [1.82, 2.24) is 13.6 Å². The zero-order valence-electron chi connectivity index (χ0n) is 17.2. The molecule has 1 unspecified atom stereocenters. The molecule has 0 bridgehead atoms. The van der Waals surface area contributed by atoms with Crippen molar-refractivity contribution in [3.63, 3.8) is 0 Å². The maximum absolute atomic E-state index is 12.7. The van der Waals surface area contributed by atoms with Crippen LogP contribution in [0.15, 0.2) is 48.5 Å². The highest BCUT2D eigenvalue weighted by Crippen LogP contribution is 2.35. The lowest BCUT2D eigenvalue weighted by molar-refractivity contribution is 0.0790. The van der Waals surface area contributed by atoms with Crippen LogP contribution in [-0.2, 0) is 0 Å². The molecule has 1 saturated heterocycles. The van der Waals surface area contributed by atoms with Crippen LogP contribution in [0.25, 0.3) is 0 Å². The van der Waals surface area contributed by atoms with Gasteiger partial charge in [0.1, 0.15) is 0 Å². The van der Waals surface area contributed by atoms with Crippen molar-refractivity contribution in [3.8, 4) is 5.75 Å². The summed E-state index contributed by atoms with van der Waals surface area (Å²) in [6.07, 6.45) is 2.73. The number of phenolic OH excluding ortho intramolecular Hbond substituents is 1. The first-order chi connectivity index (χ1) is 15.1. The normalized spacial score (nSPS) is 15.0. The highest BCUT2D eigenvalue weighted by atomic mass is 32.2. The summed E-state index contributed by atoms with van der Waals surface area (Å²) >= 11 is -1.76. The van der Waals surface area contributed by atoms with Gasteiger partial charge in [0.15, 0.2) is 16.9 Å². The van der Waals surface area contributed by atoms with Gasteiger partial charge in [0.25, 0.3) is 5.91 Å². The second-order valence-electron chi connectivity index (χ2n) is 7.45. The van der Waals surface area contributed by atoms with E-state index in [0.717, 1.165) is 24.8 Å². The van der Waals surface area contributed by atoms with E-state index >= 15 is 0 Å².